The zero-order valence-corrected chi connectivity index (χ0v) is 15.0. The third-order valence-corrected chi connectivity index (χ3v) is 4.70. The van der Waals surface area contributed by atoms with E-state index in [9.17, 15) is 21.6 Å². The lowest BCUT2D eigenvalue weighted by Crippen LogP contribution is -2.09. The van der Waals surface area contributed by atoms with Gasteiger partial charge in [-0.25, -0.2) is 14.6 Å². The second-order valence-electron chi connectivity index (χ2n) is 5.46. The van der Waals surface area contributed by atoms with Crippen LogP contribution in [0.5, 0.6) is 0 Å². The van der Waals surface area contributed by atoms with Crippen LogP contribution in [0.2, 0.25) is 5.02 Å². The lowest BCUT2D eigenvalue weighted by atomic mass is 10.1. The van der Waals surface area contributed by atoms with Crippen LogP contribution in [0.3, 0.4) is 0 Å². The number of nitrogens with zero attached hydrogens (tertiary/aromatic N) is 4. The van der Waals surface area contributed by atoms with Gasteiger partial charge >= 0.3 is 16.3 Å². The van der Waals surface area contributed by atoms with E-state index in [2.05, 4.69) is 15.1 Å². The van der Waals surface area contributed by atoms with Gasteiger partial charge in [-0.05, 0) is 42.8 Å². The molecule has 3 aromatic rings. The van der Waals surface area contributed by atoms with Gasteiger partial charge in [-0.2, -0.15) is 21.6 Å². The first-order valence-corrected chi connectivity index (χ1v) is 9.03. The first-order valence-electron chi connectivity index (χ1n) is 7.21. The highest BCUT2D eigenvalue weighted by Crippen LogP contribution is 2.31. The Morgan fingerprint density at radius 1 is 1.19 bits per heavy atom. The van der Waals surface area contributed by atoms with Crippen molar-refractivity contribution in [2.45, 2.75) is 18.1 Å². The van der Waals surface area contributed by atoms with Crippen molar-refractivity contribution in [2.75, 3.05) is 0 Å². The fourth-order valence-corrected chi connectivity index (χ4v) is 2.78. The fraction of sp³-hybridized carbons (Fsp3) is 0.133. The molecule has 0 aliphatic carbocycles. The quantitative estimate of drug-likeness (QED) is 0.653. The lowest BCUT2D eigenvalue weighted by Gasteiger charge is -2.07. The molecule has 142 valence electrons. The van der Waals surface area contributed by atoms with Gasteiger partial charge in [-0.1, -0.05) is 11.6 Å². The maximum atomic E-state index is 13.1. The summed E-state index contributed by atoms with van der Waals surface area (Å²) in [4.78, 5) is 7.09. The lowest BCUT2D eigenvalue weighted by molar-refractivity contribution is -0.144. The molecule has 0 amide bonds. The Kier molecular flexibility index (Phi) is 4.70. The molecule has 3 rings (SSSR count). The van der Waals surface area contributed by atoms with Crippen LogP contribution in [0, 0.1) is 6.92 Å². The van der Waals surface area contributed by atoms with Crippen molar-refractivity contribution < 1.29 is 26.1 Å². The van der Waals surface area contributed by atoms with E-state index in [0.29, 0.717) is 16.1 Å². The van der Waals surface area contributed by atoms with Crippen molar-refractivity contribution in [1.29, 1.82) is 0 Å². The van der Waals surface area contributed by atoms with Crippen LogP contribution in [0.1, 0.15) is 11.4 Å². The molecule has 0 atom stereocenters. The number of benzene rings is 1. The van der Waals surface area contributed by atoms with E-state index in [1.165, 1.54) is 12.1 Å². The summed E-state index contributed by atoms with van der Waals surface area (Å²) in [6.07, 6.45) is -3.83. The maximum Gasteiger partial charge on any atom is 0.453 e. The Morgan fingerprint density at radius 3 is 2.41 bits per heavy atom. The van der Waals surface area contributed by atoms with Crippen molar-refractivity contribution in [1.82, 2.24) is 19.7 Å². The monoisotopic (exact) mass is 418 g/mol. The molecule has 27 heavy (non-hydrogen) atoms. The van der Waals surface area contributed by atoms with Gasteiger partial charge in [-0.3, -0.25) is 4.55 Å². The number of aryl methyl sites for hydroxylation is 1. The molecule has 0 fully saturated rings. The second-order valence-corrected chi connectivity index (χ2v) is 7.24. The predicted octanol–water partition coefficient (Wildman–Crippen LogP) is 3.56. The summed E-state index contributed by atoms with van der Waals surface area (Å²) in [5.74, 6) is -1.51. The highest BCUT2D eigenvalue weighted by molar-refractivity contribution is 7.85. The first kappa shape index (κ1) is 19.3. The average molecular weight is 419 g/mol. The van der Waals surface area contributed by atoms with E-state index in [1.807, 2.05) is 0 Å². The average Bonchev–Trinajstić information content (AvgIpc) is 3.02. The summed E-state index contributed by atoms with van der Waals surface area (Å²) in [6.45, 7) is 1.68. The van der Waals surface area contributed by atoms with Crippen LogP contribution < -0.4 is 0 Å². The molecule has 0 aliphatic rings. The SMILES string of the molecule is Cc1cc(-c2nc(C(F)(F)F)nn2-c2ccc(S(=O)(=O)O)nc2)ccc1Cl. The molecular weight excluding hydrogens is 409 g/mol. The number of aromatic nitrogens is 4. The molecule has 0 bridgehead atoms. The second kappa shape index (κ2) is 6.59. The van der Waals surface area contributed by atoms with E-state index >= 15 is 0 Å². The van der Waals surface area contributed by atoms with Crippen LogP contribution in [-0.2, 0) is 16.3 Å². The van der Waals surface area contributed by atoms with Gasteiger partial charge in [0.2, 0.25) is 0 Å². The van der Waals surface area contributed by atoms with Crippen molar-refractivity contribution in [3.05, 3.63) is 52.9 Å². The highest BCUT2D eigenvalue weighted by atomic mass is 35.5. The Morgan fingerprint density at radius 2 is 1.89 bits per heavy atom. The number of pyridine rings is 1. The van der Waals surface area contributed by atoms with Gasteiger partial charge in [0.05, 0.1) is 11.9 Å². The Balaban J connectivity index is 2.19. The molecule has 0 aliphatic heterocycles. The van der Waals surface area contributed by atoms with Gasteiger partial charge in [0.25, 0.3) is 5.82 Å². The van der Waals surface area contributed by atoms with E-state index < -0.39 is 27.1 Å². The minimum Gasteiger partial charge on any atom is -0.281 e. The number of rotatable bonds is 3. The van der Waals surface area contributed by atoms with Gasteiger partial charge in [0.1, 0.15) is 0 Å². The largest absolute Gasteiger partial charge is 0.453 e. The molecule has 1 aromatic carbocycles. The molecule has 2 aromatic heterocycles. The fourth-order valence-electron chi connectivity index (χ4n) is 2.23. The summed E-state index contributed by atoms with van der Waals surface area (Å²) in [5.41, 5.74) is 0.962. The normalized spacial score (nSPS) is 12.4. The molecule has 0 saturated carbocycles. The minimum absolute atomic E-state index is 0.0213. The van der Waals surface area contributed by atoms with E-state index in [1.54, 1.807) is 13.0 Å². The van der Waals surface area contributed by atoms with Gasteiger partial charge in [0.15, 0.2) is 10.9 Å². The molecule has 1 N–H and O–H groups in total. The third-order valence-electron chi connectivity index (χ3n) is 3.51. The molecule has 0 saturated heterocycles. The predicted molar refractivity (Wildman–Crippen MR) is 89.2 cm³/mol. The topological polar surface area (TPSA) is 98.0 Å². The number of hydrogen-bond acceptors (Lipinski definition) is 5. The van der Waals surface area contributed by atoms with Crippen molar-refractivity contribution in [2.24, 2.45) is 0 Å². The number of halogens is 4. The molecule has 12 heteroatoms. The standard InChI is InChI=1S/C15H10ClF3N4O3S/c1-8-6-9(2-4-11(8)16)13-21-14(15(17,18)19)22-23(13)10-3-5-12(20-7-10)27(24,25)26/h2-7H,1H3,(H,24,25,26). The van der Waals surface area contributed by atoms with Crippen LogP contribution in [-0.4, -0.2) is 32.7 Å². The van der Waals surface area contributed by atoms with Crippen molar-refractivity contribution >= 4 is 21.7 Å². The Hall–Kier alpha value is -2.50. The summed E-state index contributed by atoms with van der Waals surface area (Å²) >= 11 is 5.95. The molecule has 0 unspecified atom stereocenters. The van der Waals surface area contributed by atoms with E-state index in [4.69, 9.17) is 16.2 Å². The van der Waals surface area contributed by atoms with Gasteiger partial charge in [0, 0.05) is 10.6 Å². The third kappa shape index (κ3) is 3.94. The molecular formula is C15H10ClF3N4O3S. The Labute approximate surface area is 156 Å². The Bertz CT molecular complexity index is 1110. The van der Waals surface area contributed by atoms with Crippen molar-refractivity contribution in [3.8, 4) is 17.1 Å². The van der Waals surface area contributed by atoms with Crippen molar-refractivity contribution in [3.63, 3.8) is 0 Å². The zero-order valence-electron chi connectivity index (χ0n) is 13.4. The molecule has 0 spiro atoms. The van der Waals surface area contributed by atoms with Crippen LogP contribution in [0.25, 0.3) is 17.1 Å². The van der Waals surface area contributed by atoms with E-state index in [0.717, 1.165) is 23.0 Å². The number of alkyl halides is 3. The minimum atomic E-state index is -4.79. The van der Waals surface area contributed by atoms with Gasteiger partial charge < -0.3 is 0 Å². The molecule has 2 heterocycles. The summed E-state index contributed by atoms with van der Waals surface area (Å²) < 4.78 is 71.3. The summed E-state index contributed by atoms with van der Waals surface area (Å²) in [5, 5.41) is 3.25. The van der Waals surface area contributed by atoms with Crippen LogP contribution in [0.15, 0.2) is 41.6 Å². The maximum absolute atomic E-state index is 13.1. The van der Waals surface area contributed by atoms with Crippen LogP contribution in [0.4, 0.5) is 13.2 Å². The first-order chi connectivity index (χ1) is 12.5. The summed E-state index contributed by atoms with van der Waals surface area (Å²) in [6, 6.07) is 6.63. The van der Waals surface area contributed by atoms with Gasteiger partial charge in [-0.15, -0.1) is 5.10 Å². The zero-order chi connectivity index (χ0) is 20.0. The number of hydrogen-bond donors (Lipinski definition) is 1. The smallest absolute Gasteiger partial charge is 0.281 e. The molecule has 0 radical (unpaired) electrons. The van der Waals surface area contributed by atoms with Crippen LogP contribution >= 0.6 is 11.6 Å². The summed E-state index contributed by atoms with van der Waals surface area (Å²) in [7, 11) is -4.54. The highest BCUT2D eigenvalue weighted by Gasteiger charge is 2.37. The van der Waals surface area contributed by atoms with E-state index in [-0.39, 0.29) is 11.5 Å². The molecule has 7 nitrogen and oxygen atoms in total.